The lowest BCUT2D eigenvalue weighted by molar-refractivity contribution is -0.126. The van der Waals surface area contributed by atoms with Gasteiger partial charge in [0, 0.05) is 24.7 Å². The van der Waals surface area contributed by atoms with Crippen LogP contribution in [0.2, 0.25) is 0 Å². The highest BCUT2D eigenvalue weighted by atomic mass is 16.5. The van der Waals surface area contributed by atoms with Crippen molar-refractivity contribution in [3.8, 4) is 5.75 Å². The Labute approximate surface area is 185 Å². The van der Waals surface area contributed by atoms with Crippen molar-refractivity contribution >= 4 is 17.6 Å². The zero-order valence-electron chi connectivity index (χ0n) is 18.7. The topological polar surface area (TPSA) is 70.7 Å². The van der Waals surface area contributed by atoms with Crippen LogP contribution in [0, 0.1) is 5.92 Å². The zero-order valence-corrected chi connectivity index (χ0v) is 18.7. The number of amides is 3. The smallest absolute Gasteiger partial charge is 0.321 e. The molecule has 6 heteroatoms. The summed E-state index contributed by atoms with van der Waals surface area (Å²) in [4.78, 5) is 26.6. The van der Waals surface area contributed by atoms with Crippen molar-refractivity contribution in [2.24, 2.45) is 5.92 Å². The van der Waals surface area contributed by atoms with Crippen molar-refractivity contribution < 1.29 is 14.3 Å². The second-order valence-electron chi connectivity index (χ2n) is 8.97. The fourth-order valence-electron chi connectivity index (χ4n) is 3.61. The summed E-state index contributed by atoms with van der Waals surface area (Å²) in [6.07, 6.45) is 1.34. The van der Waals surface area contributed by atoms with Crippen LogP contribution in [0.1, 0.15) is 39.2 Å². The van der Waals surface area contributed by atoms with E-state index in [4.69, 9.17) is 4.74 Å². The lowest BCUT2D eigenvalue weighted by atomic mass is 9.87. The number of benzene rings is 2. The van der Waals surface area contributed by atoms with Crippen molar-refractivity contribution in [3.05, 3.63) is 60.2 Å². The van der Waals surface area contributed by atoms with Gasteiger partial charge in [-0.3, -0.25) is 4.79 Å². The van der Waals surface area contributed by atoms with Gasteiger partial charge in [0.1, 0.15) is 12.4 Å². The predicted octanol–water partition coefficient (Wildman–Crippen LogP) is 4.42. The van der Waals surface area contributed by atoms with Crippen LogP contribution in [0.15, 0.2) is 54.6 Å². The molecule has 31 heavy (non-hydrogen) atoms. The Hall–Kier alpha value is -3.02. The molecule has 0 aliphatic carbocycles. The van der Waals surface area contributed by atoms with Gasteiger partial charge in [-0.1, -0.05) is 51.1 Å². The average molecular weight is 424 g/mol. The van der Waals surface area contributed by atoms with E-state index in [9.17, 15) is 9.59 Å². The average Bonchev–Trinajstić information content (AvgIpc) is 2.77. The summed E-state index contributed by atoms with van der Waals surface area (Å²) in [6.45, 7) is 8.59. The summed E-state index contributed by atoms with van der Waals surface area (Å²) in [5.74, 6) is 0.779. The molecule has 2 aromatic rings. The molecule has 0 spiro atoms. The summed E-state index contributed by atoms with van der Waals surface area (Å²) < 4.78 is 5.74. The second kappa shape index (κ2) is 10.3. The highest BCUT2D eigenvalue weighted by molar-refractivity contribution is 5.89. The lowest BCUT2D eigenvalue weighted by Crippen LogP contribution is -2.45. The first-order valence-electron chi connectivity index (χ1n) is 10.9. The minimum Gasteiger partial charge on any atom is -0.492 e. The van der Waals surface area contributed by atoms with Crippen LogP contribution >= 0.6 is 0 Å². The molecule has 0 unspecified atom stereocenters. The number of rotatable bonds is 6. The number of anilines is 1. The maximum Gasteiger partial charge on any atom is 0.321 e. The number of ether oxygens (including phenoxy) is 1. The number of carbonyl (C=O) groups is 2. The second-order valence-corrected chi connectivity index (χ2v) is 8.97. The Bertz CT molecular complexity index is 852. The Kier molecular flexibility index (Phi) is 7.55. The van der Waals surface area contributed by atoms with E-state index in [0.717, 1.165) is 11.4 Å². The van der Waals surface area contributed by atoms with E-state index in [0.29, 0.717) is 39.1 Å². The SMILES string of the molecule is CC(C)(C)c1ccc(OCCNC(=O)C2CCN(C(=O)Nc3ccccc3)CC2)cc1. The van der Waals surface area contributed by atoms with Crippen LogP contribution < -0.4 is 15.4 Å². The van der Waals surface area contributed by atoms with Crippen LogP contribution in [0.5, 0.6) is 5.75 Å². The molecule has 2 aromatic carbocycles. The molecule has 0 bridgehead atoms. The van der Waals surface area contributed by atoms with Crippen LogP contribution in [0.3, 0.4) is 0 Å². The standard InChI is InChI=1S/C25H33N3O3/c1-25(2,3)20-9-11-22(12-10-20)31-18-15-26-23(29)19-13-16-28(17-14-19)24(30)27-21-7-5-4-6-8-21/h4-12,19H,13-18H2,1-3H3,(H,26,29)(H,27,30). The molecule has 1 saturated heterocycles. The van der Waals surface area contributed by atoms with E-state index < -0.39 is 0 Å². The number of piperidine rings is 1. The summed E-state index contributed by atoms with van der Waals surface area (Å²) >= 11 is 0. The Balaban J connectivity index is 1.34. The number of likely N-dealkylation sites (tertiary alicyclic amines) is 1. The summed E-state index contributed by atoms with van der Waals surface area (Å²) in [7, 11) is 0. The maximum absolute atomic E-state index is 12.4. The van der Waals surface area contributed by atoms with E-state index in [1.165, 1.54) is 5.56 Å². The third-order valence-corrected chi connectivity index (χ3v) is 5.57. The van der Waals surface area contributed by atoms with Gasteiger partial charge in [-0.15, -0.1) is 0 Å². The summed E-state index contributed by atoms with van der Waals surface area (Å²) in [6, 6.07) is 17.4. The van der Waals surface area contributed by atoms with Gasteiger partial charge in [0.25, 0.3) is 0 Å². The normalized spacial score (nSPS) is 14.7. The van der Waals surface area contributed by atoms with Gasteiger partial charge in [0.15, 0.2) is 0 Å². The fourth-order valence-corrected chi connectivity index (χ4v) is 3.61. The molecule has 3 rings (SSSR count). The first-order valence-corrected chi connectivity index (χ1v) is 10.9. The molecule has 6 nitrogen and oxygen atoms in total. The number of nitrogens with zero attached hydrogens (tertiary/aromatic N) is 1. The number of para-hydroxylation sites is 1. The molecule has 0 radical (unpaired) electrons. The van der Waals surface area contributed by atoms with Gasteiger partial charge in [0.2, 0.25) is 5.91 Å². The summed E-state index contributed by atoms with van der Waals surface area (Å²) in [5, 5.41) is 5.85. The van der Waals surface area contributed by atoms with E-state index in [1.54, 1.807) is 4.90 Å². The van der Waals surface area contributed by atoms with Crippen LogP contribution in [0.4, 0.5) is 10.5 Å². The van der Waals surface area contributed by atoms with Gasteiger partial charge >= 0.3 is 6.03 Å². The van der Waals surface area contributed by atoms with Crippen molar-refractivity contribution in [2.75, 3.05) is 31.6 Å². The molecule has 0 atom stereocenters. The Morgan fingerprint density at radius 1 is 1.00 bits per heavy atom. The molecule has 1 heterocycles. The third kappa shape index (κ3) is 6.74. The first-order chi connectivity index (χ1) is 14.8. The number of carbonyl (C=O) groups excluding carboxylic acids is 2. The Morgan fingerprint density at radius 2 is 1.65 bits per heavy atom. The molecule has 0 aromatic heterocycles. The highest BCUT2D eigenvalue weighted by Crippen LogP contribution is 2.24. The minimum atomic E-state index is -0.115. The van der Waals surface area contributed by atoms with Crippen LogP contribution in [0.25, 0.3) is 0 Å². The minimum absolute atomic E-state index is 0.0369. The van der Waals surface area contributed by atoms with Gasteiger partial charge in [-0.25, -0.2) is 4.79 Å². The molecular formula is C25H33N3O3. The Morgan fingerprint density at radius 3 is 2.26 bits per heavy atom. The molecular weight excluding hydrogens is 390 g/mol. The number of urea groups is 1. The highest BCUT2D eigenvalue weighted by Gasteiger charge is 2.27. The van der Waals surface area contributed by atoms with Crippen molar-refractivity contribution in [2.45, 2.75) is 39.0 Å². The van der Waals surface area contributed by atoms with Crippen LogP contribution in [-0.2, 0) is 10.2 Å². The molecule has 1 fully saturated rings. The first kappa shape index (κ1) is 22.7. The number of hydrogen-bond acceptors (Lipinski definition) is 3. The maximum atomic E-state index is 12.4. The fraction of sp³-hybridized carbons (Fsp3) is 0.440. The third-order valence-electron chi connectivity index (χ3n) is 5.57. The van der Waals surface area contributed by atoms with Gasteiger partial charge < -0.3 is 20.3 Å². The van der Waals surface area contributed by atoms with E-state index in [1.807, 2.05) is 42.5 Å². The van der Waals surface area contributed by atoms with Crippen molar-refractivity contribution in [1.29, 1.82) is 0 Å². The number of nitrogens with one attached hydrogen (secondary N) is 2. The number of hydrogen-bond donors (Lipinski definition) is 2. The molecule has 166 valence electrons. The summed E-state index contributed by atoms with van der Waals surface area (Å²) in [5.41, 5.74) is 2.15. The predicted molar refractivity (Wildman–Crippen MR) is 123 cm³/mol. The largest absolute Gasteiger partial charge is 0.492 e. The van der Waals surface area contributed by atoms with E-state index in [2.05, 4.69) is 43.5 Å². The van der Waals surface area contributed by atoms with Crippen LogP contribution in [-0.4, -0.2) is 43.1 Å². The van der Waals surface area contributed by atoms with Crippen molar-refractivity contribution in [1.82, 2.24) is 10.2 Å². The monoisotopic (exact) mass is 423 g/mol. The van der Waals surface area contributed by atoms with Gasteiger partial charge in [-0.2, -0.15) is 0 Å². The van der Waals surface area contributed by atoms with Gasteiger partial charge in [-0.05, 0) is 48.1 Å². The molecule has 0 saturated carbocycles. The van der Waals surface area contributed by atoms with E-state index in [-0.39, 0.29) is 23.3 Å². The van der Waals surface area contributed by atoms with Crippen molar-refractivity contribution in [3.63, 3.8) is 0 Å². The zero-order chi connectivity index (χ0) is 22.3. The molecule has 2 N–H and O–H groups in total. The lowest BCUT2D eigenvalue weighted by Gasteiger charge is -2.31. The van der Waals surface area contributed by atoms with E-state index >= 15 is 0 Å². The molecule has 1 aliphatic heterocycles. The quantitative estimate of drug-likeness (QED) is 0.676. The molecule has 3 amide bonds. The molecule has 1 aliphatic rings. The van der Waals surface area contributed by atoms with Gasteiger partial charge in [0.05, 0.1) is 6.54 Å².